The molecule has 0 aromatic carbocycles. The predicted molar refractivity (Wildman–Crippen MR) is 64.1 cm³/mol. The summed E-state index contributed by atoms with van der Waals surface area (Å²) >= 11 is 0. The molecule has 0 radical (unpaired) electrons. The maximum absolute atomic E-state index is 11.4. The van der Waals surface area contributed by atoms with Gasteiger partial charge in [0.25, 0.3) is 0 Å². The molecule has 0 heterocycles. The van der Waals surface area contributed by atoms with Crippen LogP contribution in [0.15, 0.2) is 0 Å². The van der Waals surface area contributed by atoms with Gasteiger partial charge in [0.2, 0.25) is 10.0 Å². The Morgan fingerprint density at radius 2 is 1.73 bits per heavy atom. The zero-order valence-electron chi connectivity index (χ0n) is 9.83. The van der Waals surface area contributed by atoms with Crippen LogP contribution in [-0.4, -0.2) is 27.3 Å². The van der Waals surface area contributed by atoms with Gasteiger partial charge >= 0.3 is 0 Å². The summed E-state index contributed by atoms with van der Waals surface area (Å²) in [6.45, 7) is 5.08. The van der Waals surface area contributed by atoms with Gasteiger partial charge in [0, 0.05) is 6.54 Å². The van der Waals surface area contributed by atoms with E-state index >= 15 is 0 Å². The summed E-state index contributed by atoms with van der Waals surface area (Å²) in [4.78, 5) is 0. The average Bonchev–Trinajstić information content (AvgIpc) is 2.08. The van der Waals surface area contributed by atoms with Gasteiger partial charge in [-0.1, -0.05) is 26.7 Å². The molecule has 0 atom stereocenters. The van der Waals surface area contributed by atoms with Gasteiger partial charge in [-0.15, -0.1) is 0 Å². The topological polar surface area (TPSA) is 72.2 Å². The standard InChI is InChI=1S/C10H24N2O2S/c1-10(2)9-15(13,14)12-8-6-4-3-5-7-11/h10,12H,3-9,11H2,1-2H3. The third kappa shape index (κ3) is 10.2. The zero-order valence-corrected chi connectivity index (χ0v) is 10.6. The molecular weight excluding hydrogens is 212 g/mol. The van der Waals surface area contributed by atoms with E-state index < -0.39 is 10.0 Å². The molecule has 0 amide bonds. The van der Waals surface area contributed by atoms with E-state index in [0.29, 0.717) is 6.54 Å². The van der Waals surface area contributed by atoms with E-state index in [2.05, 4.69) is 4.72 Å². The Labute approximate surface area is 93.7 Å². The molecule has 0 saturated carbocycles. The van der Waals surface area contributed by atoms with Crippen LogP contribution in [0.4, 0.5) is 0 Å². The van der Waals surface area contributed by atoms with Crippen LogP contribution in [0.5, 0.6) is 0 Å². The molecule has 0 rings (SSSR count). The smallest absolute Gasteiger partial charge is 0.211 e. The summed E-state index contributed by atoms with van der Waals surface area (Å²) in [5, 5.41) is 0. The quantitative estimate of drug-likeness (QED) is 0.588. The van der Waals surface area contributed by atoms with Crippen molar-refractivity contribution in [1.29, 1.82) is 0 Å². The lowest BCUT2D eigenvalue weighted by Crippen LogP contribution is -2.29. The number of unbranched alkanes of at least 4 members (excludes halogenated alkanes) is 3. The molecule has 92 valence electrons. The Hall–Kier alpha value is -0.130. The number of hydrogen-bond donors (Lipinski definition) is 2. The zero-order chi connectivity index (χ0) is 11.7. The molecule has 0 aromatic rings. The Morgan fingerprint density at radius 1 is 1.13 bits per heavy atom. The molecule has 5 heteroatoms. The second kappa shape index (κ2) is 8.07. The van der Waals surface area contributed by atoms with Gasteiger partial charge in [-0.25, -0.2) is 13.1 Å². The molecule has 0 aromatic heterocycles. The molecule has 0 fully saturated rings. The SMILES string of the molecule is CC(C)CS(=O)(=O)NCCCCCCN. The van der Waals surface area contributed by atoms with Crippen LogP contribution in [0, 0.1) is 5.92 Å². The molecule has 0 aliphatic rings. The van der Waals surface area contributed by atoms with Crippen LogP contribution >= 0.6 is 0 Å². The molecule has 0 aliphatic carbocycles. The summed E-state index contributed by atoms with van der Waals surface area (Å²) in [6, 6.07) is 0. The monoisotopic (exact) mass is 236 g/mol. The largest absolute Gasteiger partial charge is 0.330 e. The first kappa shape index (κ1) is 14.9. The molecule has 0 spiro atoms. The maximum Gasteiger partial charge on any atom is 0.211 e. The van der Waals surface area contributed by atoms with Gasteiger partial charge in [0.05, 0.1) is 5.75 Å². The summed E-state index contributed by atoms with van der Waals surface area (Å²) in [5.74, 6) is 0.398. The van der Waals surface area contributed by atoms with E-state index in [4.69, 9.17) is 5.73 Å². The van der Waals surface area contributed by atoms with E-state index in [1.54, 1.807) is 0 Å². The van der Waals surface area contributed by atoms with Crippen molar-refractivity contribution < 1.29 is 8.42 Å². The fourth-order valence-corrected chi connectivity index (χ4v) is 2.80. The lowest BCUT2D eigenvalue weighted by molar-refractivity contribution is 0.560. The maximum atomic E-state index is 11.4. The highest BCUT2D eigenvalue weighted by Crippen LogP contribution is 2.00. The highest BCUT2D eigenvalue weighted by molar-refractivity contribution is 7.89. The Bertz CT molecular complexity index is 238. The van der Waals surface area contributed by atoms with Gasteiger partial charge in [-0.3, -0.25) is 0 Å². The van der Waals surface area contributed by atoms with Crippen LogP contribution in [0.3, 0.4) is 0 Å². The highest BCUT2D eigenvalue weighted by atomic mass is 32.2. The van der Waals surface area contributed by atoms with Crippen molar-refractivity contribution in [2.45, 2.75) is 39.5 Å². The minimum absolute atomic E-state index is 0.180. The molecule has 0 saturated heterocycles. The van der Waals surface area contributed by atoms with Crippen molar-refractivity contribution in [3.05, 3.63) is 0 Å². The first-order valence-corrected chi connectivity index (χ1v) is 7.30. The van der Waals surface area contributed by atoms with Gasteiger partial charge in [0.1, 0.15) is 0 Å². The van der Waals surface area contributed by atoms with Gasteiger partial charge in [0.15, 0.2) is 0 Å². The van der Waals surface area contributed by atoms with Gasteiger partial charge in [-0.2, -0.15) is 0 Å². The molecular formula is C10H24N2O2S. The minimum Gasteiger partial charge on any atom is -0.330 e. The van der Waals surface area contributed by atoms with E-state index in [-0.39, 0.29) is 11.7 Å². The van der Waals surface area contributed by atoms with Crippen molar-refractivity contribution in [2.24, 2.45) is 11.7 Å². The van der Waals surface area contributed by atoms with E-state index in [1.165, 1.54) is 0 Å². The summed E-state index contributed by atoms with van der Waals surface area (Å²) in [5.41, 5.74) is 5.36. The first-order valence-electron chi connectivity index (χ1n) is 5.65. The number of rotatable bonds is 9. The van der Waals surface area contributed by atoms with E-state index in [1.807, 2.05) is 13.8 Å². The Kier molecular flexibility index (Phi) is 8.00. The average molecular weight is 236 g/mol. The fraction of sp³-hybridized carbons (Fsp3) is 1.00. The number of nitrogens with one attached hydrogen (secondary N) is 1. The number of nitrogens with two attached hydrogens (primary N) is 1. The van der Waals surface area contributed by atoms with Crippen molar-refractivity contribution in [3.63, 3.8) is 0 Å². The molecule has 4 nitrogen and oxygen atoms in total. The lowest BCUT2D eigenvalue weighted by atomic mass is 10.2. The summed E-state index contributed by atoms with van der Waals surface area (Å²) < 4.78 is 25.4. The summed E-state index contributed by atoms with van der Waals surface area (Å²) in [7, 11) is -3.05. The van der Waals surface area contributed by atoms with Crippen molar-refractivity contribution in [2.75, 3.05) is 18.8 Å². The van der Waals surface area contributed by atoms with Crippen LogP contribution in [0.1, 0.15) is 39.5 Å². The molecule has 15 heavy (non-hydrogen) atoms. The molecule has 0 unspecified atom stereocenters. The Morgan fingerprint density at radius 3 is 2.27 bits per heavy atom. The van der Waals surface area contributed by atoms with E-state index in [0.717, 1.165) is 32.2 Å². The summed E-state index contributed by atoms with van der Waals surface area (Å²) in [6.07, 6.45) is 4.06. The fourth-order valence-electron chi connectivity index (χ4n) is 1.35. The van der Waals surface area contributed by atoms with Crippen molar-refractivity contribution >= 4 is 10.0 Å². The second-order valence-electron chi connectivity index (χ2n) is 4.27. The first-order chi connectivity index (χ1) is 6.98. The second-order valence-corrected chi connectivity index (χ2v) is 6.12. The van der Waals surface area contributed by atoms with Crippen molar-refractivity contribution in [1.82, 2.24) is 4.72 Å². The molecule has 0 bridgehead atoms. The highest BCUT2D eigenvalue weighted by Gasteiger charge is 2.11. The van der Waals surface area contributed by atoms with Gasteiger partial charge in [-0.05, 0) is 25.3 Å². The van der Waals surface area contributed by atoms with Crippen LogP contribution < -0.4 is 10.5 Å². The number of sulfonamides is 1. The lowest BCUT2D eigenvalue weighted by Gasteiger charge is -2.08. The van der Waals surface area contributed by atoms with Crippen LogP contribution in [0.2, 0.25) is 0 Å². The Balaban J connectivity index is 3.50. The van der Waals surface area contributed by atoms with Crippen LogP contribution in [-0.2, 0) is 10.0 Å². The third-order valence-corrected chi connectivity index (χ3v) is 3.76. The number of hydrogen-bond acceptors (Lipinski definition) is 3. The minimum atomic E-state index is -3.05. The third-order valence-electron chi connectivity index (χ3n) is 2.01. The van der Waals surface area contributed by atoms with Gasteiger partial charge < -0.3 is 5.73 Å². The van der Waals surface area contributed by atoms with Crippen molar-refractivity contribution in [3.8, 4) is 0 Å². The normalized spacial score (nSPS) is 12.3. The predicted octanol–water partition coefficient (Wildman–Crippen LogP) is 1.08. The van der Waals surface area contributed by atoms with E-state index in [9.17, 15) is 8.42 Å². The molecule has 0 aliphatic heterocycles. The molecule has 3 N–H and O–H groups in total. The van der Waals surface area contributed by atoms with Crippen LogP contribution in [0.25, 0.3) is 0 Å².